The summed E-state index contributed by atoms with van der Waals surface area (Å²) in [7, 11) is 3.26. The fourth-order valence-electron chi connectivity index (χ4n) is 3.13. The summed E-state index contributed by atoms with van der Waals surface area (Å²) in [4.78, 5) is 4.90. The number of hydrogen-bond acceptors (Lipinski definition) is 4. The Bertz CT molecular complexity index is 1190. The molecule has 1 heterocycles. The second-order valence-electron chi connectivity index (χ2n) is 6.51. The molecule has 0 spiro atoms. The van der Waals surface area contributed by atoms with Gasteiger partial charge in [0.05, 0.1) is 19.6 Å². The van der Waals surface area contributed by atoms with Crippen molar-refractivity contribution < 1.29 is 13.9 Å². The van der Waals surface area contributed by atoms with Crippen LogP contribution in [0.15, 0.2) is 82.2 Å². The Hall–Kier alpha value is -3.53. The first-order chi connectivity index (χ1) is 13.7. The Balaban J connectivity index is 1.99. The molecule has 1 aromatic heterocycles. The molecule has 140 valence electrons. The molecule has 0 saturated heterocycles. The smallest absolute Gasteiger partial charge is 0.148 e. The average molecular weight is 371 g/mol. The van der Waals surface area contributed by atoms with Gasteiger partial charge in [-0.2, -0.15) is 0 Å². The highest BCUT2D eigenvalue weighted by molar-refractivity contribution is 5.79. The van der Waals surface area contributed by atoms with Crippen LogP contribution < -0.4 is 14.8 Å². The number of aryl methyl sites for hydroxylation is 1. The minimum absolute atomic E-state index is 0.655. The fraction of sp³-hybridized carbons (Fsp3) is 0.125. The van der Waals surface area contributed by atoms with Crippen molar-refractivity contribution >= 4 is 16.7 Å². The average Bonchev–Trinajstić information content (AvgIpc) is 2.74. The Morgan fingerprint density at radius 1 is 0.821 bits per heavy atom. The normalized spacial score (nSPS) is 11.6. The Labute approximate surface area is 163 Å². The van der Waals surface area contributed by atoms with Crippen molar-refractivity contribution in [2.24, 2.45) is 4.99 Å². The van der Waals surface area contributed by atoms with Crippen LogP contribution in [0.3, 0.4) is 0 Å². The molecule has 0 bridgehead atoms. The lowest BCUT2D eigenvalue weighted by Gasteiger charge is -2.08. The van der Waals surface area contributed by atoms with E-state index in [1.54, 1.807) is 14.2 Å². The summed E-state index contributed by atoms with van der Waals surface area (Å²) in [5.41, 5.74) is 3.67. The van der Waals surface area contributed by atoms with Gasteiger partial charge < -0.3 is 13.9 Å². The highest BCUT2D eigenvalue weighted by Crippen LogP contribution is 2.31. The van der Waals surface area contributed by atoms with Crippen molar-refractivity contribution in [1.82, 2.24) is 0 Å². The van der Waals surface area contributed by atoms with E-state index in [4.69, 9.17) is 18.9 Å². The maximum atomic E-state index is 6.16. The molecule has 0 aliphatic carbocycles. The summed E-state index contributed by atoms with van der Waals surface area (Å²) >= 11 is 0. The Morgan fingerprint density at radius 3 is 2.39 bits per heavy atom. The zero-order chi connectivity index (χ0) is 19.5. The third kappa shape index (κ3) is 3.49. The molecule has 0 aliphatic rings. The molecule has 4 heteroatoms. The van der Waals surface area contributed by atoms with Crippen molar-refractivity contribution in [3.8, 4) is 22.8 Å². The van der Waals surface area contributed by atoms with Crippen LogP contribution in [0, 0.1) is 6.92 Å². The van der Waals surface area contributed by atoms with Gasteiger partial charge >= 0.3 is 0 Å². The second-order valence-corrected chi connectivity index (χ2v) is 6.51. The van der Waals surface area contributed by atoms with E-state index in [1.807, 2.05) is 66.7 Å². The highest BCUT2D eigenvalue weighted by Gasteiger charge is 2.08. The van der Waals surface area contributed by atoms with E-state index in [0.29, 0.717) is 5.75 Å². The van der Waals surface area contributed by atoms with Crippen LogP contribution in [0.1, 0.15) is 5.56 Å². The van der Waals surface area contributed by atoms with Crippen LogP contribution in [0.2, 0.25) is 0 Å². The minimum atomic E-state index is 0.655. The molecule has 28 heavy (non-hydrogen) atoms. The molecule has 0 atom stereocenters. The number of hydrogen-bond donors (Lipinski definition) is 0. The van der Waals surface area contributed by atoms with Crippen LogP contribution >= 0.6 is 0 Å². The number of fused-ring (bicyclic) bond motifs is 1. The van der Waals surface area contributed by atoms with Crippen LogP contribution in [-0.2, 0) is 0 Å². The third-order valence-electron chi connectivity index (χ3n) is 4.58. The molecule has 0 N–H and O–H groups in total. The van der Waals surface area contributed by atoms with Crippen molar-refractivity contribution in [2.45, 2.75) is 6.92 Å². The van der Waals surface area contributed by atoms with E-state index in [9.17, 15) is 0 Å². The Morgan fingerprint density at radius 2 is 1.64 bits per heavy atom. The molecule has 0 radical (unpaired) electrons. The summed E-state index contributed by atoms with van der Waals surface area (Å²) in [5, 5.41) is 1.78. The van der Waals surface area contributed by atoms with Gasteiger partial charge in [-0.05, 0) is 31.2 Å². The van der Waals surface area contributed by atoms with E-state index in [-0.39, 0.29) is 0 Å². The quantitative estimate of drug-likeness (QED) is 0.465. The van der Waals surface area contributed by atoms with E-state index in [1.165, 1.54) is 0 Å². The van der Waals surface area contributed by atoms with Crippen molar-refractivity contribution in [1.29, 1.82) is 0 Å². The maximum absolute atomic E-state index is 6.16. The van der Waals surface area contributed by atoms with Crippen molar-refractivity contribution in [3.63, 3.8) is 0 Å². The maximum Gasteiger partial charge on any atom is 0.148 e. The predicted octanol–water partition coefficient (Wildman–Crippen LogP) is 5.66. The van der Waals surface area contributed by atoms with Gasteiger partial charge in [-0.1, -0.05) is 42.0 Å². The van der Waals surface area contributed by atoms with E-state index < -0.39 is 0 Å². The van der Waals surface area contributed by atoms with Gasteiger partial charge in [0.2, 0.25) is 0 Å². The number of nitrogens with zero attached hydrogens (tertiary/aromatic N) is 1. The first-order valence-corrected chi connectivity index (χ1v) is 9.04. The summed E-state index contributed by atoms with van der Waals surface area (Å²) in [6, 6.07) is 23.7. The predicted molar refractivity (Wildman–Crippen MR) is 111 cm³/mol. The summed E-state index contributed by atoms with van der Waals surface area (Å²) < 4.78 is 17.0. The lowest BCUT2D eigenvalue weighted by atomic mass is 10.1. The van der Waals surface area contributed by atoms with Crippen LogP contribution in [0.4, 0.5) is 5.69 Å². The van der Waals surface area contributed by atoms with Gasteiger partial charge in [0.25, 0.3) is 0 Å². The molecule has 4 nitrogen and oxygen atoms in total. The molecule has 0 aliphatic heterocycles. The lowest BCUT2D eigenvalue weighted by Crippen LogP contribution is -2.04. The number of methoxy groups -OCH3 is 2. The molecular formula is C24H21NO3. The molecule has 3 aromatic carbocycles. The number of ether oxygens (including phenoxy) is 2. The van der Waals surface area contributed by atoms with Crippen LogP contribution in [-0.4, -0.2) is 14.2 Å². The summed E-state index contributed by atoms with van der Waals surface area (Å²) in [6.45, 7) is 2.06. The Kier molecular flexibility index (Phi) is 4.85. The topological polar surface area (TPSA) is 44.0 Å². The van der Waals surface area contributed by atoms with Gasteiger partial charge in [-0.15, -0.1) is 0 Å². The zero-order valence-electron chi connectivity index (χ0n) is 16.1. The van der Waals surface area contributed by atoms with Gasteiger partial charge in [0, 0.05) is 23.1 Å². The summed E-state index contributed by atoms with van der Waals surface area (Å²) in [6.07, 6.45) is 0. The number of rotatable bonds is 4. The highest BCUT2D eigenvalue weighted by atomic mass is 16.5. The van der Waals surface area contributed by atoms with E-state index in [2.05, 4.69) is 13.0 Å². The van der Waals surface area contributed by atoms with Gasteiger partial charge in [-0.25, -0.2) is 4.99 Å². The first-order valence-electron chi connectivity index (χ1n) is 9.04. The van der Waals surface area contributed by atoms with Crippen molar-refractivity contribution in [3.05, 3.63) is 83.7 Å². The molecule has 0 saturated carbocycles. The molecular weight excluding hydrogens is 350 g/mol. The molecule has 0 unspecified atom stereocenters. The van der Waals surface area contributed by atoms with Crippen LogP contribution in [0.5, 0.6) is 11.5 Å². The van der Waals surface area contributed by atoms with Crippen LogP contribution in [0.25, 0.3) is 22.3 Å². The number of benzene rings is 3. The van der Waals surface area contributed by atoms with E-state index in [0.717, 1.165) is 44.7 Å². The first kappa shape index (κ1) is 17.9. The zero-order valence-corrected chi connectivity index (χ0v) is 16.1. The SMILES string of the molecule is COc1ccc(N=c2cc(-c3ccccc3)oc3ccc(C)cc23)c(OC)c1. The lowest BCUT2D eigenvalue weighted by molar-refractivity contribution is 0.395. The molecule has 4 rings (SSSR count). The standard InChI is InChI=1S/C24H21NO3/c1-16-9-12-22-19(13-16)21(15-23(28-22)17-7-5-4-6-8-17)25-20-11-10-18(26-2)14-24(20)27-3/h4-15H,1-3H3. The monoisotopic (exact) mass is 371 g/mol. The molecule has 0 fully saturated rings. The second kappa shape index (κ2) is 7.61. The van der Waals surface area contributed by atoms with Gasteiger partial charge in [0.15, 0.2) is 0 Å². The molecule has 0 amide bonds. The minimum Gasteiger partial charge on any atom is -0.497 e. The fourth-order valence-corrected chi connectivity index (χ4v) is 3.13. The van der Waals surface area contributed by atoms with Gasteiger partial charge in [0.1, 0.15) is 28.5 Å². The largest absolute Gasteiger partial charge is 0.497 e. The van der Waals surface area contributed by atoms with Crippen molar-refractivity contribution in [2.75, 3.05) is 14.2 Å². The molecule has 4 aromatic rings. The van der Waals surface area contributed by atoms with E-state index >= 15 is 0 Å². The van der Waals surface area contributed by atoms with Gasteiger partial charge in [-0.3, -0.25) is 0 Å². The summed E-state index contributed by atoms with van der Waals surface area (Å²) in [5.74, 6) is 2.15. The third-order valence-corrected chi connectivity index (χ3v) is 4.58.